The normalized spacial score (nSPS) is 15.5. The Morgan fingerprint density at radius 3 is 2.82 bits per heavy atom. The summed E-state index contributed by atoms with van der Waals surface area (Å²) in [6.45, 7) is 8.88. The van der Waals surface area contributed by atoms with E-state index < -0.39 is 0 Å². The molecule has 1 aromatic carbocycles. The third kappa shape index (κ3) is 4.14. The molecule has 2 heteroatoms. The summed E-state index contributed by atoms with van der Waals surface area (Å²) in [5.74, 6) is 0. The van der Waals surface area contributed by atoms with Crippen molar-refractivity contribution in [1.82, 2.24) is 10.2 Å². The lowest BCUT2D eigenvalue weighted by atomic mass is 10.1. The predicted octanol–water partition coefficient (Wildman–Crippen LogP) is 2.57. The van der Waals surface area contributed by atoms with Crippen molar-refractivity contribution in [2.75, 3.05) is 19.6 Å². The summed E-state index contributed by atoms with van der Waals surface area (Å²) in [7, 11) is 0. The van der Waals surface area contributed by atoms with Gasteiger partial charge in [-0.25, -0.2) is 0 Å². The molecule has 0 bridgehead atoms. The number of nitrogens with zero attached hydrogens (tertiary/aromatic N) is 1. The second kappa shape index (κ2) is 6.18. The summed E-state index contributed by atoms with van der Waals surface area (Å²) in [5, 5.41) is 3.53. The molecule has 2 rings (SSSR count). The fourth-order valence-corrected chi connectivity index (χ4v) is 2.32. The van der Waals surface area contributed by atoms with E-state index in [1.54, 1.807) is 0 Å². The molecule has 94 valence electrons. The molecule has 0 spiro atoms. The van der Waals surface area contributed by atoms with Crippen LogP contribution in [0.15, 0.2) is 24.3 Å². The van der Waals surface area contributed by atoms with Crippen molar-refractivity contribution in [2.45, 2.75) is 39.3 Å². The number of benzene rings is 1. The molecule has 0 amide bonds. The van der Waals surface area contributed by atoms with Crippen molar-refractivity contribution < 1.29 is 0 Å². The molecular weight excluding hydrogens is 208 g/mol. The third-order valence-corrected chi connectivity index (χ3v) is 3.46. The van der Waals surface area contributed by atoms with Crippen LogP contribution in [0.5, 0.6) is 0 Å². The monoisotopic (exact) mass is 232 g/mol. The molecule has 1 aromatic rings. The Kier molecular flexibility index (Phi) is 4.57. The van der Waals surface area contributed by atoms with E-state index in [4.69, 9.17) is 0 Å². The smallest absolute Gasteiger partial charge is 0.0206 e. The first-order valence-corrected chi connectivity index (χ1v) is 6.80. The first-order valence-electron chi connectivity index (χ1n) is 6.80. The molecule has 0 saturated heterocycles. The van der Waals surface area contributed by atoms with Crippen molar-refractivity contribution in [1.29, 1.82) is 0 Å². The van der Waals surface area contributed by atoms with Crippen LogP contribution < -0.4 is 5.32 Å². The Morgan fingerprint density at radius 2 is 2.18 bits per heavy atom. The summed E-state index contributed by atoms with van der Waals surface area (Å²) in [6.07, 6.45) is 2.82. The van der Waals surface area contributed by atoms with E-state index in [0.29, 0.717) is 0 Å². The third-order valence-electron chi connectivity index (χ3n) is 3.46. The van der Waals surface area contributed by atoms with Crippen molar-refractivity contribution in [3.8, 4) is 0 Å². The maximum absolute atomic E-state index is 3.53. The van der Waals surface area contributed by atoms with E-state index in [-0.39, 0.29) is 0 Å². The van der Waals surface area contributed by atoms with Crippen molar-refractivity contribution >= 4 is 0 Å². The fourth-order valence-electron chi connectivity index (χ4n) is 2.32. The lowest BCUT2D eigenvalue weighted by Crippen LogP contribution is -2.33. The van der Waals surface area contributed by atoms with Crippen molar-refractivity contribution in [3.05, 3.63) is 35.4 Å². The summed E-state index contributed by atoms with van der Waals surface area (Å²) in [6, 6.07) is 9.62. The molecule has 0 atom stereocenters. The van der Waals surface area contributed by atoms with E-state index in [1.165, 1.54) is 37.1 Å². The maximum Gasteiger partial charge on any atom is 0.0206 e. The van der Waals surface area contributed by atoms with Gasteiger partial charge in [-0.15, -0.1) is 0 Å². The quantitative estimate of drug-likeness (QED) is 0.727. The van der Waals surface area contributed by atoms with E-state index >= 15 is 0 Å². The standard InChI is InChI=1S/C15H24N2/c1-3-17(15-7-8-15)10-9-16-12-14-6-4-5-13(2)11-14/h4-6,11,15-16H,3,7-10,12H2,1-2H3. The van der Waals surface area contributed by atoms with Gasteiger partial charge in [0.1, 0.15) is 0 Å². The van der Waals surface area contributed by atoms with E-state index in [1.807, 2.05) is 0 Å². The SMILES string of the molecule is CCN(CCNCc1cccc(C)c1)C1CC1. The number of aryl methyl sites for hydroxylation is 1. The van der Waals surface area contributed by atoms with Crippen LogP contribution in [0.2, 0.25) is 0 Å². The fraction of sp³-hybridized carbons (Fsp3) is 0.600. The van der Waals surface area contributed by atoms with E-state index in [2.05, 4.69) is 48.3 Å². The van der Waals surface area contributed by atoms with Gasteiger partial charge in [-0.1, -0.05) is 36.8 Å². The summed E-state index contributed by atoms with van der Waals surface area (Å²) in [4.78, 5) is 2.59. The number of hydrogen-bond acceptors (Lipinski definition) is 2. The lowest BCUT2D eigenvalue weighted by molar-refractivity contribution is 0.277. The minimum Gasteiger partial charge on any atom is -0.311 e. The minimum atomic E-state index is 0.890. The second-order valence-electron chi connectivity index (χ2n) is 5.03. The number of rotatable bonds is 7. The zero-order chi connectivity index (χ0) is 12.1. The average Bonchev–Trinajstić information content (AvgIpc) is 3.13. The van der Waals surface area contributed by atoms with Gasteiger partial charge in [-0.3, -0.25) is 4.90 Å². The van der Waals surface area contributed by atoms with Crippen LogP contribution >= 0.6 is 0 Å². The van der Waals surface area contributed by atoms with Crippen LogP contribution in [0.3, 0.4) is 0 Å². The number of hydrogen-bond donors (Lipinski definition) is 1. The van der Waals surface area contributed by atoms with Crippen LogP contribution in [-0.2, 0) is 6.54 Å². The van der Waals surface area contributed by atoms with Gasteiger partial charge in [0, 0.05) is 25.7 Å². The van der Waals surface area contributed by atoms with Crippen LogP contribution in [0.4, 0.5) is 0 Å². The zero-order valence-electron chi connectivity index (χ0n) is 11.1. The van der Waals surface area contributed by atoms with Crippen LogP contribution in [0, 0.1) is 6.92 Å². The Labute approximate surface area is 105 Å². The van der Waals surface area contributed by atoms with Gasteiger partial charge in [0.25, 0.3) is 0 Å². The van der Waals surface area contributed by atoms with Crippen LogP contribution in [0.25, 0.3) is 0 Å². The Bertz CT molecular complexity index is 345. The maximum atomic E-state index is 3.53. The Balaban J connectivity index is 1.65. The largest absolute Gasteiger partial charge is 0.311 e. The average molecular weight is 232 g/mol. The Morgan fingerprint density at radius 1 is 1.35 bits per heavy atom. The molecule has 1 saturated carbocycles. The number of nitrogens with one attached hydrogen (secondary N) is 1. The molecule has 1 aliphatic carbocycles. The van der Waals surface area contributed by atoms with Crippen molar-refractivity contribution in [2.24, 2.45) is 0 Å². The molecule has 17 heavy (non-hydrogen) atoms. The molecular formula is C15H24N2. The Hall–Kier alpha value is -0.860. The summed E-state index contributed by atoms with van der Waals surface area (Å²) < 4.78 is 0. The van der Waals surface area contributed by atoms with Gasteiger partial charge in [0.2, 0.25) is 0 Å². The zero-order valence-corrected chi connectivity index (χ0v) is 11.1. The molecule has 0 heterocycles. The molecule has 1 fully saturated rings. The van der Waals surface area contributed by atoms with Gasteiger partial charge in [0.05, 0.1) is 0 Å². The van der Waals surface area contributed by atoms with Crippen LogP contribution in [0.1, 0.15) is 30.9 Å². The van der Waals surface area contributed by atoms with Crippen LogP contribution in [-0.4, -0.2) is 30.6 Å². The highest BCUT2D eigenvalue weighted by Gasteiger charge is 2.26. The van der Waals surface area contributed by atoms with E-state index in [0.717, 1.165) is 19.1 Å². The van der Waals surface area contributed by atoms with Gasteiger partial charge in [0.15, 0.2) is 0 Å². The summed E-state index contributed by atoms with van der Waals surface area (Å²) in [5.41, 5.74) is 2.73. The number of likely N-dealkylation sites (N-methyl/N-ethyl adjacent to an activating group) is 1. The second-order valence-corrected chi connectivity index (χ2v) is 5.03. The van der Waals surface area contributed by atoms with Gasteiger partial charge in [-0.05, 0) is 31.9 Å². The molecule has 0 radical (unpaired) electrons. The minimum absolute atomic E-state index is 0.890. The molecule has 1 N–H and O–H groups in total. The van der Waals surface area contributed by atoms with Gasteiger partial charge >= 0.3 is 0 Å². The highest BCUT2D eigenvalue weighted by atomic mass is 15.2. The summed E-state index contributed by atoms with van der Waals surface area (Å²) >= 11 is 0. The highest BCUT2D eigenvalue weighted by Crippen LogP contribution is 2.25. The lowest BCUT2D eigenvalue weighted by Gasteiger charge is -2.19. The molecule has 0 aromatic heterocycles. The molecule has 0 aliphatic heterocycles. The highest BCUT2D eigenvalue weighted by molar-refractivity contribution is 5.21. The predicted molar refractivity (Wildman–Crippen MR) is 73.2 cm³/mol. The molecule has 2 nitrogen and oxygen atoms in total. The van der Waals surface area contributed by atoms with E-state index in [9.17, 15) is 0 Å². The molecule has 0 unspecified atom stereocenters. The first-order chi connectivity index (χ1) is 8.29. The topological polar surface area (TPSA) is 15.3 Å². The van der Waals surface area contributed by atoms with Gasteiger partial charge < -0.3 is 5.32 Å². The van der Waals surface area contributed by atoms with Crippen molar-refractivity contribution in [3.63, 3.8) is 0 Å². The molecule has 1 aliphatic rings. The first kappa shape index (κ1) is 12.6. The van der Waals surface area contributed by atoms with Gasteiger partial charge in [-0.2, -0.15) is 0 Å².